The summed E-state index contributed by atoms with van der Waals surface area (Å²) in [6, 6.07) is 13.1. The van der Waals surface area contributed by atoms with E-state index in [1.807, 2.05) is 0 Å². The fourth-order valence-corrected chi connectivity index (χ4v) is 4.59. The van der Waals surface area contributed by atoms with Crippen molar-refractivity contribution in [2.24, 2.45) is 0 Å². The summed E-state index contributed by atoms with van der Waals surface area (Å²) in [5, 5.41) is 5.22. The summed E-state index contributed by atoms with van der Waals surface area (Å²) in [5.41, 5.74) is 0.140. The number of amides is 3. The maximum absolute atomic E-state index is 15.1. The molecule has 1 unspecified atom stereocenters. The van der Waals surface area contributed by atoms with Gasteiger partial charge >= 0.3 is 6.03 Å². The van der Waals surface area contributed by atoms with Crippen molar-refractivity contribution in [3.05, 3.63) is 106 Å². The van der Waals surface area contributed by atoms with Gasteiger partial charge in [-0.05, 0) is 61.0 Å². The molecule has 4 aromatic rings. The predicted octanol–water partition coefficient (Wildman–Crippen LogP) is 4.82. The second-order valence-corrected chi connectivity index (χ2v) is 9.05. The van der Waals surface area contributed by atoms with Crippen LogP contribution in [0.3, 0.4) is 0 Å². The molecule has 2 aromatic carbocycles. The number of benzene rings is 2. The zero-order chi connectivity index (χ0) is 27.8. The first-order valence-electron chi connectivity index (χ1n) is 12.3. The van der Waals surface area contributed by atoms with Crippen molar-refractivity contribution in [2.45, 2.75) is 12.6 Å². The number of halogens is 2. The molecule has 0 saturated carbocycles. The molecule has 0 radical (unpaired) electrons. The van der Waals surface area contributed by atoms with E-state index in [-0.39, 0.29) is 34.6 Å². The Morgan fingerprint density at radius 2 is 1.90 bits per heavy atom. The molecule has 1 atom stereocenters. The van der Waals surface area contributed by atoms with Crippen LogP contribution in [0, 0.1) is 11.6 Å². The van der Waals surface area contributed by atoms with Crippen molar-refractivity contribution in [1.29, 1.82) is 0 Å². The van der Waals surface area contributed by atoms with Crippen LogP contribution in [0.25, 0.3) is 5.69 Å². The van der Waals surface area contributed by atoms with E-state index in [2.05, 4.69) is 15.6 Å². The minimum absolute atomic E-state index is 0.0947. The highest BCUT2D eigenvalue weighted by Crippen LogP contribution is 2.42. The lowest BCUT2D eigenvalue weighted by molar-refractivity contribution is -0.0749. The number of urea groups is 1. The van der Waals surface area contributed by atoms with E-state index in [1.165, 1.54) is 70.4 Å². The van der Waals surface area contributed by atoms with Crippen LogP contribution >= 0.6 is 0 Å². The van der Waals surface area contributed by atoms with Crippen molar-refractivity contribution < 1.29 is 27.8 Å². The topological polar surface area (TPSA) is 115 Å². The minimum atomic E-state index is -0.776. The maximum atomic E-state index is 15.1. The Morgan fingerprint density at radius 1 is 1.07 bits per heavy atom. The van der Waals surface area contributed by atoms with E-state index < -0.39 is 29.3 Å². The van der Waals surface area contributed by atoms with Crippen LogP contribution in [-0.4, -0.2) is 39.5 Å². The van der Waals surface area contributed by atoms with Gasteiger partial charge in [-0.25, -0.2) is 18.6 Å². The third kappa shape index (κ3) is 4.64. The van der Waals surface area contributed by atoms with Gasteiger partial charge in [-0.3, -0.25) is 24.4 Å². The lowest BCUT2D eigenvalue weighted by atomic mass is 10.1. The summed E-state index contributed by atoms with van der Waals surface area (Å²) < 4.78 is 41.3. The summed E-state index contributed by atoms with van der Waals surface area (Å²) in [6.45, 7) is 0.935. The van der Waals surface area contributed by atoms with Gasteiger partial charge in [-0.2, -0.15) is 0 Å². The monoisotopic (exact) mass is 545 g/mol. The molecule has 0 spiro atoms. The number of ether oxygens (including phenoxy) is 2. The maximum Gasteiger partial charge on any atom is 0.325 e. The SMILES string of the molecule is O=C(Nc1ccc(Oc2ccnc3c2C2OCCCN2C(=O)N3)c(F)c1)c1cccn(-c2ccc(F)cc2)c1=O. The first-order chi connectivity index (χ1) is 19.4. The molecule has 6 rings (SSSR count). The van der Waals surface area contributed by atoms with Gasteiger partial charge in [0.2, 0.25) is 0 Å². The summed E-state index contributed by atoms with van der Waals surface area (Å²) in [6.07, 6.45) is 2.85. The molecule has 2 aromatic heterocycles. The van der Waals surface area contributed by atoms with Crippen molar-refractivity contribution in [3.8, 4) is 17.2 Å². The quantitative estimate of drug-likeness (QED) is 0.372. The van der Waals surface area contributed by atoms with Crippen molar-refractivity contribution in [3.63, 3.8) is 0 Å². The van der Waals surface area contributed by atoms with E-state index in [4.69, 9.17) is 9.47 Å². The van der Waals surface area contributed by atoms with E-state index >= 15 is 4.39 Å². The van der Waals surface area contributed by atoms with Gasteiger partial charge in [0.05, 0.1) is 12.2 Å². The highest BCUT2D eigenvalue weighted by atomic mass is 19.1. The first kappa shape index (κ1) is 25.2. The molecule has 4 heterocycles. The average Bonchev–Trinajstić information content (AvgIpc) is 2.95. The van der Waals surface area contributed by atoms with Gasteiger partial charge in [0.15, 0.2) is 17.8 Å². The number of nitrogens with zero attached hydrogens (tertiary/aromatic N) is 3. The van der Waals surface area contributed by atoms with Crippen LogP contribution in [0.15, 0.2) is 77.9 Å². The van der Waals surface area contributed by atoms with Gasteiger partial charge in [0.1, 0.15) is 22.9 Å². The standard InChI is InChI=1S/C28H21F2N5O5/c29-16-4-7-18(8-5-16)34-12-1-3-19(26(34)37)25(36)32-17-6-9-21(20(30)15-17)40-22-10-11-31-24-23(22)27-35(28(38)33-24)13-2-14-39-27/h1,3-12,15,27H,2,13-14H2,(H,32,36)(H,31,33,38). The molecule has 3 amide bonds. The van der Waals surface area contributed by atoms with Crippen LogP contribution in [0.5, 0.6) is 11.5 Å². The van der Waals surface area contributed by atoms with E-state index in [0.717, 1.165) is 6.07 Å². The van der Waals surface area contributed by atoms with E-state index in [1.54, 1.807) is 6.07 Å². The Kier molecular flexibility index (Phi) is 6.44. The fourth-order valence-electron chi connectivity index (χ4n) is 4.59. The molecule has 2 aliphatic heterocycles. The number of carbonyl (C=O) groups is 2. The molecule has 40 heavy (non-hydrogen) atoms. The van der Waals surface area contributed by atoms with Crippen molar-refractivity contribution >= 4 is 23.4 Å². The fraction of sp³-hybridized carbons (Fsp3) is 0.143. The molecule has 2 aliphatic rings. The Bertz CT molecular complexity index is 1690. The number of fused-ring (bicyclic) bond motifs is 3. The molecular formula is C28H21F2N5O5. The largest absolute Gasteiger partial charge is 0.454 e. The molecule has 1 fully saturated rings. The normalized spacial score (nSPS) is 16.0. The third-order valence-electron chi connectivity index (χ3n) is 6.49. The van der Waals surface area contributed by atoms with Gasteiger partial charge < -0.3 is 14.8 Å². The van der Waals surface area contributed by atoms with E-state index in [0.29, 0.717) is 30.8 Å². The number of carbonyl (C=O) groups excluding carboxylic acids is 2. The molecule has 0 aliphatic carbocycles. The summed E-state index contributed by atoms with van der Waals surface area (Å²) in [4.78, 5) is 43.9. The summed E-state index contributed by atoms with van der Waals surface area (Å²) in [7, 11) is 0. The van der Waals surface area contributed by atoms with Gasteiger partial charge in [-0.1, -0.05) is 0 Å². The number of anilines is 2. The van der Waals surface area contributed by atoms with Crippen LogP contribution in [0.2, 0.25) is 0 Å². The number of aromatic nitrogens is 2. The average molecular weight is 546 g/mol. The minimum Gasteiger partial charge on any atom is -0.454 e. The molecule has 10 nitrogen and oxygen atoms in total. The number of hydrogen-bond acceptors (Lipinski definition) is 6. The number of pyridine rings is 2. The van der Waals surface area contributed by atoms with Gasteiger partial charge in [-0.15, -0.1) is 0 Å². The Labute approximate surface area is 225 Å². The molecular weight excluding hydrogens is 524 g/mol. The van der Waals surface area contributed by atoms with Crippen LogP contribution in [0.4, 0.5) is 25.1 Å². The highest BCUT2D eigenvalue weighted by Gasteiger charge is 2.38. The van der Waals surface area contributed by atoms with Crippen LogP contribution < -0.4 is 20.9 Å². The van der Waals surface area contributed by atoms with Crippen LogP contribution in [0.1, 0.15) is 28.6 Å². The predicted molar refractivity (Wildman–Crippen MR) is 140 cm³/mol. The zero-order valence-corrected chi connectivity index (χ0v) is 20.8. The number of rotatable bonds is 5. The Balaban J connectivity index is 1.23. The summed E-state index contributed by atoms with van der Waals surface area (Å²) >= 11 is 0. The number of nitrogens with one attached hydrogen (secondary N) is 2. The smallest absolute Gasteiger partial charge is 0.325 e. The first-order valence-corrected chi connectivity index (χ1v) is 12.3. The molecule has 0 bridgehead atoms. The molecule has 1 saturated heterocycles. The molecule has 2 N–H and O–H groups in total. The third-order valence-corrected chi connectivity index (χ3v) is 6.49. The lowest BCUT2D eigenvalue weighted by Crippen LogP contribution is -2.47. The van der Waals surface area contributed by atoms with Gasteiger partial charge in [0, 0.05) is 36.4 Å². The second-order valence-electron chi connectivity index (χ2n) is 9.05. The lowest BCUT2D eigenvalue weighted by Gasteiger charge is -2.39. The van der Waals surface area contributed by atoms with Crippen molar-refractivity contribution in [1.82, 2.24) is 14.5 Å². The van der Waals surface area contributed by atoms with Gasteiger partial charge in [0.25, 0.3) is 11.5 Å². The molecule has 202 valence electrons. The van der Waals surface area contributed by atoms with E-state index in [9.17, 15) is 18.8 Å². The Hall–Kier alpha value is -5.10. The Morgan fingerprint density at radius 3 is 2.70 bits per heavy atom. The molecule has 12 heteroatoms. The highest BCUT2D eigenvalue weighted by molar-refractivity contribution is 6.04. The number of hydrogen-bond donors (Lipinski definition) is 2. The van der Waals surface area contributed by atoms with Crippen LogP contribution in [-0.2, 0) is 4.74 Å². The zero-order valence-electron chi connectivity index (χ0n) is 20.8. The van der Waals surface area contributed by atoms with Crippen molar-refractivity contribution in [2.75, 3.05) is 23.8 Å². The summed E-state index contributed by atoms with van der Waals surface area (Å²) in [5.74, 6) is -1.60. The second kappa shape index (κ2) is 10.2.